The summed E-state index contributed by atoms with van der Waals surface area (Å²) in [4.78, 5) is 27.9. The highest BCUT2D eigenvalue weighted by Crippen LogP contribution is 2.43. The Kier molecular flexibility index (Phi) is 4.43. The number of nitrogens with zero attached hydrogens (tertiary/aromatic N) is 5. The lowest BCUT2D eigenvalue weighted by molar-refractivity contribution is 0.0554. The van der Waals surface area contributed by atoms with Crippen molar-refractivity contribution in [3.8, 4) is 11.4 Å². The van der Waals surface area contributed by atoms with Crippen molar-refractivity contribution < 1.29 is 9.32 Å². The number of carbonyl (C=O) groups is 1. The first-order valence-electron chi connectivity index (χ1n) is 9.36. The minimum atomic E-state index is 0.0581. The number of halogens is 1. The van der Waals surface area contributed by atoms with Crippen LogP contribution in [0, 0.1) is 0 Å². The highest BCUT2D eigenvalue weighted by atomic mass is 79.9. The third-order valence-electron chi connectivity index (χ3n) is 5.65. The molecule has 1 unspecified atom stereocenters. The lowest BCUT2D eigenvalue weighted by Crippen LogP contribution is -2.46. The zero-order valence-electron chi connectivity index (χ0n) is 15.0. The maximum atomic E-state index is 13.1. The lowest BCUT2D eigenvalue weighted by atomic mass is 9.90. The molecule has 5 rings (SSSR count). The zero-order valence-corrected chi connectivity index (χ0v) is 16.6. The van der Waals surface area contributed by atoms with Crippen molar-refractivity contribution in [2.75, 3.05) is 0 Å². The van der Waals surface area contributed by atoms with Crippen LogP contribution in [0.2, 0.25) is 0 Å². The number of aromatic nitrogens is 4. The van der Waals surface area contributed by atoms with Gasteiger partial charge in [-0.25, -0.2) is 0 Å². The van der Waals surface area contributed by atoms with Gasteiger partial charge in [-0.15, -0.1) is 0 Å². The van der Waals surface area contributed by atoms with Crippen molar-refractivity contribution >= 4 is 21.8 Å². The van der Waals surface area contributed by atoms with Gasteiger partial charge in [-0.3, -0.25) is 14.8 Å². The predicted octanol–water partition coefficient (Wildman–Crippen LogP) is 3.84. The van der Waals surface area contributed by atoms with Crippen LogP contribution in [0.4, 0.5) is 0 Å². The van der Waals surface area contributed by atoms with E-state index in [-0.39, 0.29) is 23.9 Å². The van der Waals surface area contributed by atoms with Crippen molar-refractivity contribution in [3.63, 3.8) is 0 Å². The van der Waals surface area contributed by atoms with Gasteiger partial charge in [0.25, 0.3) is 5.91 Å². The largest absolute Gasteiger partial charge is 0.339 e. The van der Waals surface area contributed by atoms with Crippen LogP contribution >= 0.6 is 15.9 Å². The second kappa shape index (κ2) is 7.09. The van der Waals surface area contributed by atoms with Gasteiger partial charge in [0.15, 0.2) is 0 Å². The lowest BCUT2D eigenvalue weighted by Gasteiger charge is -2.37. The summed E-state index contributed by atoms with van der Waals surface area (Å²) in [5.74, 6) is 1.50. The van der Waals surface area contributed by atoms with Crippen LogP contribution in [0.25, 0.3) is 11.4 Å². The normalized spacial score (nSPS) is 23.8. The van der Waals surface area contributed by atoms with Crippen LogP contribution in [-0.4, -0.2) is 43.0 Å². The Hall–Kier alpha value is -2.61. The molecule has 2 aliphatic rings. The summed E-state index contributed by atoms with van der Waals surface area (Å²) in [6.07, 6.45) is 10.5. The first kappa shape index (κ1) is 17.5. The Morgan fingerprint density at radius 2 is 1.86 bits per heavy atom. The number of piperidine rings is 1. The van der Waals surface area contributed by atoms with Gasteiger partial charge >= 0.3 is 0 Å². The molecule has 28 heavy (non-hydrogen) atoms. The Morgan fingerprint density at radius 1 is 1.11 bits per heavy atom. The van der Waals surface area contributed by atoms with E-state index in [0.29, 0.717) is 17.3 Å². The third-order valence-corrected chi connectivity index (χ3v) is 6.08. The standard InChI is InChI=1S/C20H18BrN5O2/c21-15-7-14(10-23-11-15)20(27)26-16-1-2-17(26)9-13(8-16)19-24-18(25-28-19)12-3-5-22-6-4-12/h3-7,10-11,13,16-17H,1-2,8-9H2/t13?,16-,17+. The van der Waals surface area contributed by atoms with E-state index < -0.39 is 0 Å². The Balaban J connectivity index is 1.35. The van der Waals surface area contributed by atoms with E-state index in [1.165, 1.54) is 0 Å². The molecule has 7 nitrogen and oxygen atoms in total. The topological polar surface area (TPSA) is 85.0 Å². The molecular formula is C20H18BrN5O2. The average molecular weight is 440 g/mol. The van der Waals surface area contributed by atoms with Crippen LogP contribution in [0.3, 0.4) is 0 Å². The van der Waals surface area contributed by atoms with E-state index >= 15 is 0 Å². The van der Waals surface area contributed by atoms with E-state index in [1.54, 1.807) is 24.8 Å². The molecule has 8 heteroatoms. The number of hydrogen-bond acceptors (Lipinski definition) is 6. The molecule has 0 N–H and O–H groups in total. The fourth-order valence-electron chi connectivity index (χ4n) is 4.41. The van der Waals surface area contributed by atoms with Crippen LogP contribution in [-0.2, 0) is 0 Å². The number of fused-ring (bicyclic) bond motifs is 2. The highest BCUT2D eigenvalue weighted by molar-refractivity contribution is 9.10. The smallest absolute Gasteiger partial charge is 0.255 e. The quantitative estimate of drug-likeness (QED) is 0.616. The molecule has 0 aliphatic carbocycles. The maximum absolute atomic E-state index is 13.1. The Labute approximate surface area is 170 Å². The Bertz CT molecular complexity index is 995. The molecule has 3 atom stereocenters. The summed E-state index contributed by atoms with van der Waals surface area (Å²) < 4.78 is 6.39. The summed E-state index contributed by atoms with van der Waals surface area (Å²) in [6.45, 7) is 0. The fraction of sp³-hybridized carbons (Fsp3) is 0.350. The molecule has 0 spiro atoms. The van der Waals surface area contributed by atoms with Crippen molar-refractivity contribution in [2.24, 2.45) is 0 Å². The number of pyridine rings is 2. The van der Waals surface area contributed by atoms with E-state index in [9.17, 15) is 4.79 Å². The molecule has 3 aromatic heterocycles. The molecule has 2 saturated heterocycles. The summed E-state index contributed by atoms with van der Waals surface area (Å²) >= 11 is 3.40. The number of rotatable bonds is 3. The van der Waals surface area contributed by atoms with E-state index in [1.807, 2.05) is 23.1 Å². The maximum Gasteiger partial charge on any atom is 0.255 e. The molecule has 0 saturated carbocycles. The monoisotopic (exact) mass is 439 g/mol. The highest BCUT2D eigenvalue weighted by Gasteiger charge is 2.45. The molecule has 0 radical (unpaired) electrons. The first-order chi connectivity index (χ1) is 13.7. The fourth-order valence-corrected chi connectivity index (χ4v) is 4.77. The molecule has 2 bridgehead atoms. The van der Waals surface area contributed by atoms with Gasteiger partial charge < -0.3 is 9.42 Å². The van der Waals surface area contributed by atoms with E-state index in [0.717, 1.165) is 35.7 Å². The SMILES string of the molecule is O=C(c1cncc(Br)c1)N1[C@@H]2CC[C@H]1CC(c1nc(-c3ccncc3)no1)C2. The average Bonchev–Trinajstić information content (AvgIpc) is 3.31. The molecular weight excluding hydrogens is 422 g/mol. The van der Waals surface area contributed by atoms with Gasteiger partial charge in [-0.1, -0.05) is 5.16 Å². The molecule has 0 aromatic carbocycles. The summed E-state index contributed by atoms with van der Waals surface area (Å²) in [6, 6.07) is 5.97. The summed E-state index contributed by atoms with van der Waals surface area (Å²) in [7, 11) is 0. The predicted molar refractivity (Wildman–Crippen MR) is 104 cm³/mol. The van der Waals surface area contributed by atoms with Gasteiger partial charge in [-0.2, -0.15) is 4.98 Å². The van der Waals surface area contributed by atoms with Gasteiger partial charge in [0.1, 0.15) is 0 Å². The first-order valence-corrected chi connectivity index (χ1v) is 10.2. The van der Waals surface area contributed by atoms with Crippen LogP contribution in [0.1, 0.15) is 47.8 Å². The molecule has 1 amide bonds. The van der Waals surface area contributed by atoms with Crippen molar-refractivity contribution in [1.82, 2.24) is 25.0 Å². The molecule has 5 heterocycles. The number of amides is 1. The zero-order chi connectivity index (χ0) is 19.1. The minimum Gasteiger partial charge on any atom is -0.339 e. The van der Waals surface area contributed by atoms with Gasteiger partial charge in [0, 0.05) is 52.8 Å². The second-order valence-corrected chi connectivity index (χ2v) is 8.27. The molecule has 2 aliphatic heterocycles. The van der Waals surface area contributed by atoms with E-state index in [2.05, 4.69) is 36.0 Å². The van der Waals surface area contributed by atoms with Crippen LogP contribution in [0.5, 0.6) is 0 Å². The van der Waals surface area contributed by atoms with Crippen molar-refractivity contribution in [1.29, 1.82) is 0 Å². The van der Waals surface area contributed by atoms with Crippen LogP contribution < -0.4 is 0 Å². The Morgan fingerprint density at radius 3 is 2.57 bits per heavy atom. The van der Waals surface area contributed by atoms with Gasteiger partial charge in [0.2, 0.25) is 11.7 Å². The summed E-state index contributed by atoms with van der Waals surface area (Å²) in [5, 5.41) is 4.14. The number of hydrogen-bond donors (Lipinski definition) is 0. The van der Waals surface area contributed by atoms with Gasteiger partial charge in [0.05, 0.1) is 5.56 Å². The molecule has 142 valence electrons. The second-order valence-electron chi connectivity index (χ2n) is 7.35. The molecule has 2 fully saturated rings. The van der Waals surface area contributed by atoms with Gasteiger partial charge in [-0.05, 0) is 59.8 Å². The van der Waals surface area contributed by atoms with Crippen LogP contribution in [0.15, 0.2) is 52.0 Å². The molecule has 3 aromatic rings. The number of carbonyl (C=O) groups excluding carboxylic acids is 1. The summed E-state index contributed by atoms with van der Waals surface area (Å²) in [5.41, 5.74) is 1.52. The van der Waals surface area contributed by atoms with Crippen molar-refractivity contribution in [3.05, 3.63) is 58.9 Å². The third kappa shape index (κ3) is 3.11. The van der Waals surface area contributed by atoms with Crippen molar-refractivity contribution in [2.45, 2.75) is 43.7 Å². The minimum absolute atomic E-state index is 0.0581. The van der Waals surface area contributed by atoms with E-state index in [4.69, 9.17) is 4.52 Å².